The van der Waals surface area contributed by atoms with E-state index < -0.39 is 0 Å². The van der Waals surface area contributed by atoms with Crippen molar-refractivity contribution in [1.82, 2.24) is 5.32 Å². The molecule has 2 aromatic carbocycles. The maximum absolute atomic E-state index is 11.2. The number of nitriles is 1. The molecular weight excluding hydrogens is 350 g/mol. The van der Waals surface area contributed by atoms with Gasteiger partial charge in [-0.3, -0.25) is 4.79 Å². The Morgan fingerprint density at radius 1 is 1.21 bits per heavy atom. The number of amides is 1. The summed E-state index contributed by atoms with van der Waals surface area (Å²) in [6, 6.07) is 16.6. The molecule has 1 amide bonds. The fraction of sp³-hybridized carbons (Fsp3) is 0.391. The van der Waals surface area contributed by atoms with E-state index in [1.165, 1.54) is 5.56 Å². The molecule has 0 aromatic heterocycles. The third-order valence-electron chi connectivity index (χ3n) is 5.49. The monoisotopic (exact) mass is 377 g/mol. The van der Waals surface area contributed by atoms with Crippen LogP contribution in [0.2, 0.25) is 0 Å². The van der Waals surface area contributed by atoms with E-state index >= 15 is 0 Å². The van der Waals surface area contributed by atoms with Crippen LogP contribution in [0.15, 0.2) is 42.5 Å². The molecule has 1 aliphatic rings. The number of hydrogen-bond acceptors (Lipinski definition) is 4. The minimum atomic E-state index is -0.0146. The number of nitrogens with one attached hydrogen (secondary N) is 1. The van der Waals surface area contributed by atoms with Crippen LogP contribution >= 0.6 is 0 Å². The Morgan fingerprint density at radius 3 is 2.46 bits per heavy atom. The van der Waals surface area contributed by atoms with Gasteiger partial charge < -0.3 is 15.0 Å². The van der Waals surface area contributed by atoms with Gasteiger partial charge in [-0.2, -0.15) is 5.26 Å². The summed E-state index contributed by atoms with van der Waals surface area (Å²) in [6.45, 7) is 5.39. The summed E-state index contributed by atoms with van der Waals surface area (Å²) in [5.41, 5.74) is 4.11. The van der Waals surface area contributed by atoms with Crippen LogP contribution in [0.4, 0.5) is 5.69 Å². The van der Waals surface area contributed by atoms with Gasteiger partial charge in [-0.25, -0.2) is 0 Å². The molecule has 0 saturated carbocycles. The molecule has 2 aromatic rings. The molecule has 0 spiro atoms. The van der Waals surface area contributed by atoms with Crippen molar-refractivity contribution in [3.05, 3.63) is 59.2 Å². The lowest BCUT2D eigenvalue weighted by atomic mass is 9.88. The molecule has 3 rings (SSSR count). The van der Waals surface area contributed by atoms with Crippen LogP contribution in [0.3, 0.4) is 0 Å². The van der Waals surface area contributed by atoms with E-state index in [1.807, 2.05) is 19.1 Å². The van der Waals surface area contributed by atoms with Crippen molar-refractivity contribution < 1.29 is 9.53 Å². The zero-order valence-electron chi connectivity index (χ0n) is 16.7. The van der Waals surface area contributed by atoms with Crippen LogP contribution in [-0.4, -0.2) is 26.1 Å². The zero-order valence-corrected chi connectivity index (χ0v) is 16.7. The summed E-state index contributed by atoms with van der Waals surface area (Å²) in [5.74, 6) is 1.22. The van der Waals surface area contributed by atoms with Gasteiger partial charge in [-0.1, -0.05) is 24.3 Å². The average Bonchev–Trinajstić information content (AvgIpc) is 2.73. The van der Waals surface area contributed by atoms with Crippen LogP contribution in [0, 0.1) is 11.3 Å². The average molecular weight is 377 g/mol. The van der Waals surface area contributed by atoms with E-state index in [-0.39, 0.29) is 11.9 Å². The maximum Gasteiger partial charge on any atom is 0.217 e. The number of ether oxygens (including phenoxy) is 1. The van der Waals surface area contributed by atoms with Gasteiger partial charge in [0.15, 0.2) is 0 Å². The second-order valence-corrected chi connectivity index (χ2v) is 7.35. The fourth-order valence-electron chi connectivity index (χ4n) is 3.91. The molecule has 28 heavy (non-hydrogen) atoms. The van der Waals surface area contributed by atoms with E-state index in [9.17, 15) is 10.1 Å². The standard InChI is InChI=1S/C23H27N3O2/c1-16(25-17(2)27)18-4-6-19(7-5-18)20-10-12-26(13-11-20)23-9-8-22(28-3)14-21(23)15-24/h4-9,14,16,20H,10-13H2,1-3H3,(H,25,27). The minimum absolute atomic E-state index is 0.0146. The first-order chi connectivity index (χ1) is 13.5. The number of methoxy groups -OCH3 is 1. The Morgan fingerprint density at radius 2 is 1.89 bits per heavy atom. The first kappa shape index (κ1) is 19.8. The van der Waals surface area contributed by atoms with Crippen molar-refractivity contribution in [2.45, 2.75) is 38.6 Å². The maximum atomic E-state index is 11.2. The van der Waals surface area contributed by atoms with Crippen molar-refractivity contribution in [3.8, 4) is 11.8 Å². The van der Waals surface area contributed by atoms with E-state index in [4.69, 9.17) is 4.74 Å². The molecule has 0 bridgehead atoms. The Balaban J connectivity index is 1.64. The van der Waals surface area contributed by atoms with E-state index in [0.717, 1.165) is 37.2 Å². The minimum Gasteiger partial charge on any atom is -0.497 e. The number of carbonyl (C=O) groups is 1. The quantitative estimate of drug-likeness (QED) is 0.850. The predicted octanol–water partition coefficient (Wildman–Crippen LogP) is 4.15. The Labute approximate surface area is 166 Å². The topological polar surface area (TPSA) is 65.4 Å². The molecule has 1 aliphatic heterocycles. The van der Waals surface area contributed by atoms with Gasteiger partial charge >= 0.3 is 0 Å². The Kier molecular flexibility index (Phi) is 6.20. The van der Waals surface area contributed by atoms with E-state index in [2.05, 4.69) is 40.6 Å². The van der Waals surface area contributed by atoms with Crippen LogP contribution in [0.5, 0.6) is 5.75 Å². The van der Waals surface area contributed by atoms with Crippen molar-refractivity contribution in [3.63, 3.8) is 0 Å². The first-order valence-corrected chi connectivity index (χ1v) is 9.72. The molecule has 5 nitrogen and oxygen atoms in total. The number of nitrogens with zero attached hydrogens (tertiary/aromatic N) is 2. The highest BCUT2D eigenvalue weighted by atomic mass is 16.5. The summed E-state index contributed by atoms with van der Waals surface area (Å²) >= 11 is 0. The number of anilines is 1. The molecule has 146 valence electrons. The summed E-state index contributed by atoms with van der Waals surface area (Å²) in [4.78, 5) is 13.5. The zero-order chi connectivity index (χ0) is 20.1. The number of piperidine rings is 1. The molecule has 1 fully saturated rings. The third kappa shape index (κ3) is 4.45. The molecule has 0 radical (unpaired) electrons. The van der Waals surface area contributed by atoms with Crippen LogP contribution < -0.4 is 15.0 Å². The molecular formula is C23H27N3O2. The highest BCUT2D eigenvalue weighted by molar-refractivity contribution is 5.73. The third-order valence-corrected chi connectivity index (χ3v) is 5.49. The van der Waals surface area contributed by atoms with Gasteiger partial charge in [-0.05, 0) is 55.0 Å². The van der Waals surface area contributed by atoms with Gasteiger partial charge in [0.25, 0.3) is 0 Å². The predicted molar refractivity (Wildman–Crippen MR) is 111 cm³/mol. The smallest absolute Gasteiger partial charge is 0.217 e. The molecule has 1 N–H and O–H groups in total. The first-order valence-electron chi connectivity index (χ1n) is 9.72. The number of benzene rings is 2. The largest absolute Gasteiger partial charge is 0.497 e. The van der Waals surface area contributed by atoms with E-state index in [0.29, 0.717) is 17.2 Å². The van der Waals surface area contributed by atoms with Crippen molar-refractivity contribution >= 4 is 11.6 Å². The Bertz CT molecular complexity index is 862. The van der Waals surface area contributed by atoms with Crippen molar-refractivity contribution in [2.24, 2.45) is 0 Å². The lowest BCUT2D eigenvalue weighted by Gasteiger charge is -2.34. The lowest BCUT2D eigenvalue weighted by molar-refractivity contribution is -0.119. The van der Waals surface area contributed by atoms with Crippen molar-refractivity contribution in [1.29, 1.82) is 5.26 Å². The highest BCUT2D eigenvalue weighted by Gasteiger charge is 2.22. The number of hydrogen-bond donors (Lipinski definition) is 1. The summed E-state index contributed by atoms with van der Waals surface area (Å²) in [5, 5.41) is 12.4. The second-order valence-electron chi connectivity index (χ2n) is 7.35. The van der Waals surface area contributed by atoms with Crippen LogP contribution in [0.1, 0.15) is 55.3 Å². The second kappa shape index (κ2) is 8.79. The number of rotatable bonds is 5. The van der Waals surface area contributed by atoms with Gasteiger partial charge in [0, 0.05) is 20.0 Å². The van der Waals surface area contributed by atoms with Crippen molar-refractivity contribution in [2.75, 3.05) is 25.1 Å². The lowest BCUT2D eigenvalue weighted by Crippen LogP contribution is -2.33. The van der Waals surface area contributed by atoms with E-state index in [1.54, 1.807) is 20.1 Å². The molecule has 0 aliphatic carbocycles. The van der Waals surface area contributed by atoms with Gasteiger partial charge in [-0.15, -0.1) is 0 Å². The summed E-state index contributed by atoms with van der Waals surface area (Å²) < 4.78 is 5.23. The van der Waals surface area contributed by atoms with Crippen LogP contribution in [-0.2, 0) is 4.79 Å². The number of carbonyl (C=O) groups excluding carboxylic acids is 1. The fourth-order valence-corrected chi connectivity index (χ4v) is 3.91. The molecule has 1 saturated heterocycles. The summed E-state index contributed by atoms with van der Waals surface area (Å²) in [7, 11) is 1.61. The molecule has 5 heteroatoms. The SMILES string of the molecule is COc1ccc(N2CCC(c3ccc(C(C)NC(C)=O)cc3)CC2)c(C#N)c1. The molecule has 1 unspecified atom stereocenters. The highest BCUT2D eigenvalue weighted by Crippen LogP contribution is 2.33. The normalized spacial score (nSPS) is 15.6. The van der Waals surface area contributed by atoms with Gasteiger partial charge in [0.2, 0.25) is 5.91 Å². The molecule has 1 atom stereocenters. The Hall–Kier alpha value is -3.00. The van der Waals surface area contributed by atoms with Gasteiger partial charge in [0.05, 0.1) is 24.4 Å². The summed E-state index contributed by atoms with van der Waals surface area (Å²) in [6.07, 6.45) is 2.11. The van der Waals surface area contributed by atoms with Crippen LogP contribution in [0.25, 0.3) is 0 Å². The molecule has 1 heterocycles. The van der Waals surface area contributed by atoms with Gasteiger partial charge in [0.1, 0.15) is 11.8 Å².